The van der Waals surface area contributed by atoms with Crippen LogP contribution in [0.2, 0.25) is 5.02 Å². The van der Waals surface area contributed by atoms with Gasteiger partial charge in [0.25, 0.3) is 0 Å². The van der Waals surface area contributed by atoms with E-state index < -0.39 is 6.10 Å². The van der Waals surface area contributed by atoms with Crippen molar-refractivity contribution in [3.63, 3.8) is 0 Å². The van der Waals surface area contributed by atoms with Gasteiger partial charge in [-0.2, -0.15) is 0 Å². The largest absolute Gasteiger partial charge is 0.495 e. The van der Waals surface area contributed by atoms with Crippen LogP contribution < -0.4 is 4.74 Å². The van der Waals surface area contributed by atoms with Gasteiger partial charge in [-0.05, 0) is 36.1 Å². The quantitative estimate of drug-likeness (QED) is 0.901. The molecule has 3 rings (SSSR count). The van der Waals surface area contributed by atoms with Crippen LogP contribution in [0.3, 0.4) is 0 Å². The number of hydrogen-bond acceptors (Lipinski definition) is 2. The van der Waals surface area contributed by atoms with Crippen LogP contribution in [-0.2, 0) is 5.41 Å². The standard InChI is InChI=1S/C18H19ClO2/c1-21-16-12-13(8-9-15(16)19)17(20)18(10-5-11-18)14-6-3-2-4-7-14/h2-4,6-9,12,17,20H,5,10-11H2,1H3. The van der Waals surface area contributed by atoms with Gasteiger partial charge in [0.15, 0.2) is 0 Å². The van der Waals surface area contributed by atoms with Crippen LogP contribution in [0.5, 0.6) is 5.75 Å². The molecule has 1 aliphatic rings. The molecule has 1 atom stereocenters. The van der Waals surface area contributed by atoms with E-state index in [0.29, 0.717) is 10.8 Å². The van der Waals surface area contributed by atoms with Gasteiger partial charge in [0.2, 0.25) is 0 Å². The van der Waals surface area contributed by atoms with Crippen molar-refractivity contribution in [1.82, 2.24) is 0 Å². The monoisotopic (exact) mass is 302 g/mol. The van der Waals surface area contributed by atoms with Crippen molar-refractivity contribution in [2.75, 3.05) is 7.11 Å². The summed E-state index contributed by atoms with van der Waals surface area (Å²) in [5.74, 6) is 0.607. The van der Waals surface area contributed by atoms with Crippen LogP contribution in [-0.4, -0.2) is 12.2 Å². The first kappa shape index (κ1) is 14.4. The molecule has 1 unspecified atom stereocenters. The molecular formula is C18H19ClO2. The summed E-state index contributed by atoms with van der Waals surface area (Å²) >= 11 is 6.07. The van der Waals surface area contributed by atoms with Crippen molar-refractivity contribution >= 4 is 11.6 Å². The highest BCUT2D eigenvalue weighted by atomic mass is 35.5. The molecule has 1 aliphatic carbocycles. The molecule has 1 fully saturated rings. The lowest BCUT2D eigenvalue weighted by molar-refractivity contribution is 0.0267. The Morgan fingerprint density at radius 3 is 2.43 bits per heavy atom. The Morgan fingerprint density at radius 2 is 1.86 bits per heavy atom. The fourth-order valence-electron chi connectivity index (χ4n) is 3.21. The summed E-state index contributed by atoms with van der Waals surface area (Å²) in [6, 6.07) is 15.8. The van der Waals surface area contributed by atoms with Gasteiger partial charge in [-0.15, -0.1) is 0 Å². The molecule has 21 heavy (non-hydrogen) atoms. The number of aliphatic hydroxyl groups excluding tert-OH is 1. The molecule has 1 N–H and O–H groups in total. The molecule has 0 aliphatic heterocycles. The Balaban J connectivity index is 1.98. The molecule has 0 heterocycles. The molecule has 110 valence electrons. The van der Waals surface area contributed by atoms with E-state index in [1.54, 1.807) is 13.2 Å². The first-order valence-corrected chi connectivity index (χ1v) is 7.62. The van der Waals surface area contributed by atoms with Crippen molar-refractivity contribution < 1.29 is 9.84 Å². The number of benzene rings is 2. The average molecular weight is 303 g/mol. The topological polar surface area (TPSA) is 29.5 Å². The van der Waals surface area contributed by atoms with Gasteiger partial charge in [0, 0.05) is 5.41 Å². The molecule has 0 spiro atoms. The summed E-state index contributed by atoms with van der Waals surface area (Å²) in [7, 11) is 1.59. The third kappa shape index (κ3) is 2.43. The number of hydrogen-bond donors (Lipinski definition) is 1. The lowest BCUT2D eigenvalue weighted by Crippen LogP contribution is -2.40. The van der Waals surface area contributed by atoms with E-state index in [-0.39, 0.29) is 5.41 Å². The highest BCUT2D eigenvalue weighted by molar-refractivity contribution is 6.32. The van der Waals surface area contributed by atoms with Gasteiger partial charge >= 0.3 is 0 Å². The first-order chi connectivity index (χ1) is 10.2. The highest BCUT2D eigenvalue weighted by Crippen LogP contribution is 2.52. The van der Waals surface area contributed by atoms with Crippen LogP contribution in [0.4, 0.5) is 0 Å². The SMILES string of the molecule is COc1cc(C(O)C2(c3ccccc3)CCC2)ccc1Cl. The number of rotatable bonds is 4. The maximum atomic E-state index is 11.0. The maximum Gasteiger partial charge on any atom is 0.137 e. The summed E-state index contributed by atoms with van der Waals surface area (Å²) in [6.07, 6.45) is 2.61. The van der Waals surface area contributed by atoms with Crippen molar-refractivity contribution in [2.45, 2.75) is 30.8 Å². The molecule has 1 saturated carbocycles. The van der Waals surface area contributed by atoms with Crippen molar-refractivity contribution in [3.05, 3.63) is 64.7 Å². The zero-order valence-electron chi connectivity index (χ0n) is 12.1. The predicted octanol–water partition coefficient (Wildman–Crippen LogP) is 4.50. The summed E-state index contributed by atoms with van der Waals surface area (Å²) in [6.45, 7) is 0. The van der Waals surface area contributed by atoms with Crippen LogP contribution in [0, 0.1) is 0 Å². The van der Waals surface area contributed by atoms with Crippen LogP contribution in [0.15, 0.2) is 48.5 Å². The molecule has 0 aromatic heterocycles. The van der Waals surface area contributed by atoms with Crippen molar-refractivity contribution in [2.24, 2.45) is 0 Å². The molecule has 0 amide bonds. The molecule has 2 aromatic rings. The van der Waals surface area contributed by atoms with Crippen LogP contribution in [0.25, 0.3) is 0 Å². The molecule has 0 radical (unpaired) electrons. The third-order valence-corrected chi connectivity index (χ3v) is 4.92. The minimum Gasteiger partial charge on any atom is -0.495 e. The fraction of sp³-hybridized carbons (Fsp3) is 0.333. The number of ether oxygens (including phenoxy) is 1. The number of halogens is 1. The number of methoxy groups -OCH3 is 1. The Morgan fingerprint density at radius 1 is 1.14 bits per heavy atom. The van der Waals surface area contributed by atoms with E-state index >= 15 is 0 Å². The Kier molecular flexibility index (Phi) is 3.92. The normalized spacial score (nSPS) is 17.9. The lowest BCUT2D eigenvalue weighted by Gasteiger charge is -2.46. The minimum absolute atomic E-state index is 0.180. The average Bonchev–Trinajstić information content (AvgIpc) is 2.47. The van der Waals surface area contributed by atoms with E-state index in [1.807, 2.05) is 30.3 Å². The second-order valence-electron chi connectivity index (χ2n) is 5.67. The minimum atomic E-state index is -0.542. The Labute approximate surface area is 130 Å². The molecule has 2 nitrogen and oxygen atoms in total. The zero-order chi connectivity index (χ0) is 14.9. The third-order valence-electron chi connectivity index (χ3n) is 4.61. The first-order valence-electron chi connectivity index (χ1n) is 7.24. The van der Waals surface area contributed by atoms with E-state index in [9.17, 15) is 5.11 Å². The van der Waals surface area contributed by atoms with Gasteiger partial charge < -0.3 is 9.84 Å². The second-order valence-corrected chi connectivity index (χ2v) is 6.08. The molecule has 0 bridgehead atoms. The van der Waals surface area contributed by atoms with Gasteiger partial charge in [-0.25, -0.2) is 0 Å². The van der Waals surface area contributed by atoms with Crippen LogP contribution >= 0.6 is 11.6 Å². The molecule has 0 saturated heterocycles. The highest BCUT2D eigenvalue weighted by Gasteiger charge is 2.45. The summed E-state index contributed by atoms with van der Waals surface area (Å²) < 4.78 is 5.26. The maximum absolute atomic E-state index is 11.0. The fourth-order valence-corrected chi connectivity index (χ4v) is 3.41. The van der Waals surface area contributed by atoms with E-state index in [4.69, 9.17) is 16.3 Å². The van der Waals surface area contributed by atoms with Gasteiger partial charge in [-0.3, -0.25) is 0 Å². The summed E-state index contributed by atoms with van der Waals surface area (Å²) in [4.78, 5) is 0. The van der Waals surface area contributed by atoms with Crippen LogP contribution in [0.1, 0.15) is 36.5 Å². The van der Waals surface area contributed by atoms with Gasteiger partial charge in [-0.1, -0.05) is 54.4 Å². The molecular weight excluding hydrogens is 284 g/mol. The van der Waals surface area contributed by atoms with E-state index in [1.165, 1.54) is 5.56 Å². The summed E-state index contributed by atoms with van der Waals surface area (Å²) in [5.41, 5.74) is 1.89. The molecule has 2 aromatic carbocycles. The smallest absolute Gasteiger partial charge is 0.137 e. The summed E-state index contributed by atoms with van der Waals surface area (Å²) in [5, 5.41) is 11.5. The van der Waals surface area contributed by atoms with E-state index in [0.717, 1.165) is 24.8 Å². The van der Waals surface area contributed by atoms with E-state index in [2.05, 4.69) is 12.1 Å². The van der Waals surface area contributed by atoms with Gasteiger partial charge in [0.1, 0.15) is 5.75 Å². The second kappa shape index (κ2) is 5.70. The lowest BCUT2D eigenvalue weighted by atomic mass is 9.60. The Hall–Kier alpha value is -1.51. The van der Waals surface area contributed by atoms with Crippen molar-refractivity contribution in [3.8, 4) is 5.75 Å². The van der Waals surface area contributed by atoms with Gasteiger partial charge in [0.05, 0.1) is 18.2 Å². The van der Waals surface area contributed by atoms with Crippen molar-refractivity contribution in [1.29, 1.82) is 0 Å². The predicted molar refractivity (Wildman–Crippen MR) is 84.9 cm³/mol. The zero-order valence-corrected chi connectivity index (χ0v) is 12.8. The Bertz CT molecular complexity index is 620. The molecule has 3 heteroatoms. The number of aliphatic hydroxyl groups is 1.